The van der Waals surface area contributed by atoms with Gasteiger partial charge in [0.05, 0.1) is 0 Å². The van der Waals surface area contributed by atoms with Crippen LogP contribution in [-0.4, -0.2) is 18.4 Å². The smallest absolute Gasteiger partial charge is 0.122 e. The van der Waals surface area contributed by atoms with E-state index in [4.69, 9.17) is 17.0 Å². The Morgan fingerprint density at radius 2 is 1.88 bits per heavy atom. The quantitative estimate of drug-likeness (QED) is 0.487. The molecule has 0 saturated carbocycles. The number of nitrogens with one attached hydrogen (secondary N) is 2. The van der Waals surface area contributed by atoms with Crippen LogP contribution < -0.4 is 10.2 Å². The van der Waals surface area contributed by atoms with E-state index in [1.54, 1.807) is 6.08 Å². The molecule has 3 rings (SSSR count). The topological polar surface area (TPSA) is 39.1 Å². The van der Waals surface area contributed by atoms with Gasteiger partial charge >= 0.3 is 0 Å². The normalized spacial score (nSPS) is 17.5. The first-order chi connectivity index (χ1) is 12.7. The first-order valence-corrected chi connectivity index (χ1v) is 9.69. The summed E-state index contributed by atoms with van der Waals surface area (Å²) in [5, 5.41) is 11.8. The van der Waals surface area contributed by atoms with Crippen molar-refractivity contribution in [2.24, 2.45) is 0 Å². The minimum absolute atomic E-state index is 0.346. The van der Waals surface area contributed by atoms with E-state index < -0.39 is 0 Å². The van der Waals surface area contributed by atoms with Gasteiger partial charge in [-0.25, -0.2) is 0 Å². The SMILES string of the molecule is CCC1CCCCN1c1ccc(/C=C/C(=N)Nc2ccc(Cl)cc2)cc1. The Bertz CT molecular complexity index is 750. The lowest BCUT2D eigenvalue weighted by Gasteiger charge is -2.37. The van der Waals surface area contributed by atoms with Gasteiger partial charge in [0.1, 0.15) is 5.84 Å². The highest BCUT2D eigenvalue weighted by Gasteiger charge is 2.20. The molecule has 0 radical (unpaired) electrons. The molecule has 2 aromatic carbocycles. The molecule has 2 aromatic rings. The van der Waals surface area contributed by atoms with Gasteiger partial charge in [-0.05, 0) is 73.7 Å². The highest BCUT2D eigenvalue weighted by Crippen LogP contribution is 2.26. The zero-order valence-electron chi connectivity index (χ0n) is 15.2. The van der Waals surface area contributed by atoms with Crippen LogP contribution in [0, 0.1) is 5.41 Å². The third kappa shape index (κ3) is 4.89. The van der Waals surface area contributed by atoms with Gasteiger partial charge in [0.15, 0.2) is 0 Å². The summed E-state index contributed by atoms with van der Waals surface area (Å²) >= 11 is 5.88. The van der Waals surface area contributed by atoms with Crippen LogP contribution >= 0.6 is 11.6 Å². The molecule has 0 aromatic heterocycles. The predicted molar refractivity (Wildman–Crippen MR) is 114 cm³/mol. The third-order valence-electron chi connectivity index (χ3n) is 4.89. The second-order valence-corrected chi connectivity index (χ2v) is 7.16. The Morgan fingerprint density at radius 3 is 2.58 bits per heavy atom. The highest BCUT2D eigenvalue weighted by molar-refractivity contribution is 6.30. The summed E-state index contributed by atoms with van der Waals surface area (Å²) in [7, 11) is 0. The van der Waals surface area contributed by atoms with E-state index in [0.717, 1.165) is 17.8 Å². The second-order valence-electron chi connectivity index (χ2n) is 6.72. The van der Waals surface area contributed by atoms with Crippen LogP contribution in [0.2, 0.25) is 5.02 Å². The lowest BCUT2D eigenvalue weighted by molar-refractivity contribution is 0.450. The van der Waals surface area contributed by atoms with Crippen molar-refractivity contribution in [1.82, 2.24) is 0 Å². The predicted octanol–water partition coefficient (Wildman–Crippen LogP) is 6.21. The van der Waals surface area contributed by atoms with Crippen LogP contribution in [-0.2, 0) is 0 Å². The molecule has 0 amide bonds. The van der Waals surface area contributed by atoms with Crippen molar-refractivity contribution in [3.63, 3.8) is 0 Å². The first-order valence-electron chi connectivity index (χ1n) is 9.31. The lowest BCUT2D eigenvalue weighted by atomic mass is 9.99. The average Bonchev–Trinajstić information content (AvgIpc) is 2.68. The molecular weight excluding hydrogens is 342 g/mol. The maximum atomic E-state index is 8.04. The Labute approximate surface area is 161 Å². The molecule has 1 heterocycles. The van der Waals surface area contributed by atoms with Gasteiger partial charge in [0.2, 0.25) is 0 Å². The molecule has 3 nitrogen and oxygen atoms in total. The number of nitrogens with zero attached hydrogens (tertiary/aromatic N) is 1. The Hall–Kier alpha value is -2.26. The largest absolute Gasteiger partial charge is 0.369 e. The fourth-order valence-corrected chi connectivity index (χ4v) is 3.58. The third-order valence-corrected chi connectivity index (χ3v) is 5.14. The molecule has 1 atom stereocenters. The summed E-state index contributed by atoms with van der Waals surface area (Å²) in [6.45, 7) is 3.43. The summed E-state index contributed by atoms with van der Waals surface area (Å²) in [6, 6.07) is 16.7. The van der Waals surface area contributed by atoms with Crippen molar-refractivity contribution in [3.8, 4) is 0 Å². The molecule has 2 N–H and O–H groups in total. The first kappa shape index (κ1) is 18.5. The second kappa shape index (κ2) is 8.91. The van der Waals surface area contributed by atoms with Crippen molar-refractivity contribution < 1.29 is 0 Å². The van der Waals surface area contributed by atoms with E-state index in [-0.39, 0.29) is 0 Å². The van der Waals surface area contributed by atoms with Crippen molar-refractivity contribution >= 4 is 34.9 Å². The zero-order valence-corrected chi connectivity index (χ0v) is 16.0. The highest BCUT2D eigenvalue weighted by atomic mass is 35.5. The molecule has 1 aliphatic heterocycles. The number of piperidine rings is 1. The van der Waals surface area contributed by atoms with Gasteiger partial charge in [0.25, 0.3) is 0 Å². The van der Waals surface area contributed by atoms with E-state index >= 15 is 0 Å². The van der Waals surface area contributed by atoms with Crippen molar-refractivity contribution in [1.29, 1.82) is 5.41 Å². The Morgan fingerprint density at radius 1 is 1.15 bits per heavy atom. The Balaban J connectivity index is 1.60. The van der Waals surface area contributed by atoms with Crippen molar-refractivity contribution in [3.05, 3.63) is 65.2 Å². The summed E-state index contributed by atoms with van der Waals surface area (Å²) in [5.74, 6) is 0.346. The number of halogens is 1. The fourth-order valence-electron chi connectivity index (χ4n) is 3.45. The van der Waals surface area contributed by atoms with Crippen LogP contribution in [0.3, 0.4) is 0 Å². The molecule has 4 heteroatoms. The minimum Gasteiger partial charge on any atom is -0.369 e. The number of hydrogen-bond acceptors (Lipinski definition) is 2. The molecule has 0 bridgehead atoms. The van der Waals surface area contributed by atoms with E-state index in [1.807, 2.05) is 30.3 Å². The van der Waals surface area contributed by atoms with Crippen molar-refractivity contribution in [2.45, 2.75) is 38.6 Å². The van der Waals surface area contributed by atoms with Crippen molar-refractivity contribution in [2.75, 3.05) is 16.8 Å². The van der Waals surface area contributed by atoms with Gasteiger partial charge in [-0.3, -0.25) is 5.41 Å². The van der Waals surface area contributed by atoms with E-state index in [0.29, 0.717) is 16.9 Å². The van der Waals surface area contributed by atoms with Crippen LogP contribution in [0.5, 0.6) is 0 Å². The van der Waals surface area contributed by atoms with Crippen LogP contribution in [0.1, 0.15) is 38.2 Å². The summed E-state index contributed by atoms with van der Waals surface area (Å²) in [6.07, 6.45) is 8.87. The molecule has 1 fully saturated rings. The lowest BCUT2D eigenvalue weighted by Crippen LogP contribution is -2.39. The van der Waals surface area contributed by atoms with Gasteiger partial charge in [-0.2, -0.15) is 0 Å². The van der Waals surface area contributed by atoms with E-state index in [2.05, 4.69) is 41.4 Å². The van der Waals surface area contributed by atoms with Gasteiger partial charge in [-0.1, -0.05) is 36.7 Å². The number of rotatable bonds is 5. The summed E-state index contributed by atoms with van der Waals surface area (Å²) < 4.78 is 0. The van der Waals surface area contributed by atoms with E-state index in [1.165, 1.54) is 31.4 Å². The number of anilines is 2. The average molecular weight is 368 g/mol. The van der Waals surface area contributed by atoms with Crippen LogP contribution in [0.4, 0.5) is 11.4 Å². The standard InChI is InChI=1S/C22H26ClN3/c1-2-20-5-3-4-16-26(20)21-13-6-17(7-14-21)8-15-22(24)25-19-11-9-18(23)10-12-19/h6-15,20H,2-5,16H2,1H3,(H2,24,25)/b15-8+. The number of benzene rings is 2. The molecular formula is C22H26ClN3. The van der Waals surface area contributed by atoms with Gasteiger partial charge in [0, 0.05) is 29.0 Å². The Kier molecular flexibility index (Phi) is 6.35. The molecule has 1 saturated heterocycles. The molecule has 0 aliphatic carbocycles. The molecule has 1 unspecified atom stereocenters. The van der Waals surface area contributed by atoms with E-state index in [9.17, 15) is 0 Å². The van der Waals surface area contributed by atoms with Gasteiger partial charge < -0.3 is 10.2 Å². The monoisotopic (exact) mass is 367 g/mol. The minimum atomic E-state index is 0.346. The maximum Gasteiger partial charge on any atom is 0.122 e. The summed E-state index contributed by atoms with van der Waals surface area (Å²) in [5.41, 5.74) is 3.26. The number of amidine groups is 1. The molecule has 1 aliphatic rings. The number of hydrogen-bond donors (Lipinski definition) is 2. The van der Waals surface area contributed by atoms with Crippen LogP contribution in [0.25, 0.3) is 6.08 Å². The zero-order chi connectivity index (χ0) is 18.4. The summed E-state index contributed by atoms with van der Waals surface area (Å²) in [4.78, 5) is 2.54. The maximum absolute atomic E-state index is 8.04. The molecule has 26 heavy (non-hydrogen) atoms. The fraction of sp³-hybridized carbons (Fsp3) is 0.318. The molecule has 136 valence electrons. The molecule has 0 spiro atoms. The van der Waals surface area contributed by atoms with Gasteiger partial charge in [-0.15, -0.1) is 0 Å². The van der Waals surface area contributed by atoms with Crippen LogP contribution in [0.15, 0.2) is 54.6 Å².